The van der Waals surface area contributed by atoms with Gasteiger partial charge in [0.15, 0.2) is 5.82 Å². The van der Waals surface area contributed by atoms with Crippen molar-refractivity contribution >= 4 is 5.91 Å². The Morgan fingerprint density at radius 3 is 1.95 bits per heavy atom. The number of benzene rings is 1. The van der Waals surface area contributed by atoms with Crippen LogP contribution in [0.5, 0.6) is 12.0 Å². The average Bonchev–Trinajstić information content (AvgIpc) is 2.46. The molecule has 7 heteroatoms. The van der Waals surface area contributed by atoms with E-state index in [0.29, 0.717) is 17.0 Å². The fourth-order valence-electron chi connectivity index (χ4n) is 1.43. The molecule has 1 aromatic carbocycles. The highest BCUT2D eigenvalue weighted by Crippen LogP contribution is 2.19. The molecule has 0 aliphatic rings. The van der Waals surface area contributed by atoms with Crippen molar-refractivity contribution in [2.75, 3.05) is 14.2 Å². The third-order valence-electron chi connectivity index (χ3n) is 2.39. The zero-order valence-electron chi connectivity index (χ0n) is 10.5. The maximum absolute atomic E-state index is 11.0. The van der Waals surface area contributed by atoms with Crippen LogP contribution in [0.25, 0.3) is 11.4 Å². The third kappa shape index (κ3) is 2.76. The van der Waals surface area contributed by atoms with Crippen LogP contribution in [0.4, 0.5) is 0 Å². The predicted octanol–water partition coefficient (Wildman–Crippen LogP) is 0.655. The minimum absolute atomic E-state index is 0.154. The number of ether oxygens (including phenoxy) is 2. The second-order valence-corrected chi connectivity index (χ2v) is 3.57. The van der Waals surface area contributed by atoms with Crippen LogP contribution in [0.15, 0.2) is 24.3 Å². The van der Waals surface area contributed by atoms with Crippen molar-refractivity contribution in [3.8, 4) is 23.4 Å². The summed E-state index contributed by atoms with van der Waals surface area (Å²) < 4.78 is 9.93. The van der Waals surface area contributed by atoms with E-state index in [1.54, 1.807) is 24.3 Å². The highest BCUT2D eigenvalue weighted by atomic mass is 16.5. The normalized spacial score (nSPS) is 10.0. The fraction of sp³-hybridized carbons (Fsp3) is 0.167. The van der Waals surface area contributed by atoms with Gasteiger partial charge in [-0.15, -0.1) is 4.98 Å². The molecule has 0 aliphatic heterocycles. The van der Waals surface area contributed by atoms with Crippen molar-refractivity contribution < 1.29 is 14.3 Å². The summed E-state index contributed by atoms with van der Waals surface area (Å²) in [7, 11) is 2.91. The maximum Gasteiger partial charge on any atom is 0.322 e. The fourth-order valence-corrected chi connectivity index (χ4v) is 1.43. The number of aromatic nitrogens is 3. The molecule has 98 valence electrons. The molecular weight excluding hydrogens is 248 g/mol. The Balaban J connectivity index is 2.42. The van der Waals surface area contributed by atoms with Crippen LogP contribution in [0.2, 0.25) is 0 Å². The Labute approximate surface area is 109 Å². The summed E-state index contributed by atoms with van der Waals surface area (Å²) >= 11 is 0. The maximum atomic E-state index is 11.0. The SMILES string of the molecule is COc1nc(OC)nc(-c2ccc(C(N)=O)cc2)n1. The van der Waals surface area contributed by atoms with Crippen LogP contribution in [0.1, 0.15) is 10.4 Å². The molecule has 7 nitrogen and oxygen atoms in total. The van der Waals surface area contributed by atoms with Gasteiger partial charge < -0.3 is 15.2 Å². The van der Waals surface area contributed by atoms with Gasteiger partial charge >= 0.3 is 12.0 Å². The monoisotopic (exact) mass is 260 g/mol. The molecule has 0 atom stereocenters. The number of nitrogens with zero attached hydrogens (tertiary/aromatic N) is 3. The van der Waals surface area contributed by atoms with E-state index < -0.39 is 5.91 Å². The number of hydrogen-bond donors (Lipinski definition) is 1. The summed E-state index contributed by atoms with van der Waals surface area (Å²) in [5, 5.41) is 0. The molecule has 1 amide bonds. The lowest BCUT2D eigenvalue weighted by molar-refractivity contribution is 0.100. The van der Waals surface area contributed by atoms with E-state index in [4.69, 9.17) is 15.2 Å². The molecule has 1 aromatic heterocycles. The zero-order valence-corrected chi connectivity index (χ0v) is 10.5. The van der Waals surface area contributed by atoms with E-state index in [-0.39, 0.29) is 12.0 Å². The number of carbonyl (C=O) groups excluding carboxylic acids is 1. The van der Waals surface area contributed by atoms with E-state index >= 15 is 0 Å². The van der Waals surface area contributed by atoms with Crippen molar-refractivity contribution in [3.63, 3.8) is 0 Å². The van der Waals surface area contributed by atoms with E-state index in [1.807, 2.05) is 0 Å². The van der Waals surface area contributed by atoms with Gasteiger partial charge in [0.25, 0.3) is 0 Å². The number of primary amides is 1. The van der Waals surface area contributed by atoms with E-state index in [2.05, 4.69) is 15.0 Å². The van der Waals surface area contributed by atoms with E-state index in [0.717, 1.165) is 0 Å². The van der Waals surface area contributed by atoms with Gasteiger partial charge in [0.2, 0.25) is 5.91 Å². The minimum Gasteiger partial charge on any atom is -0.467 e. The van der Waals surface area contributed by atoms with E-state index in [1.165, 1.54) is 14.2 Å². The van der Waals surface area contributed by atoms with Gasteiger partial charge in [-0.3, -0.25) is 4.79 Å². The van der Waals surface area contributed by atoms with Crippen molar-refractivity contribution in [3.05, 3.63) is 29.8 Å². The Morgan fingerprint density at radius 2 is 1.53 bits per heavy atom. The lowest BCUT2D eigenvalue weighted by atomic mass is 10.1. The largest absolute Gasteiger partial charge is 0.467 e. The van der Waals surface area contributed by atoms with Gasteiger partial charge in [-0.2, -0.15) is 9.97 Å². The molecule has 0 fully saturated rings. The van der Waals surface area contributed by atoms with Crippen LogP contribution in [0, 0.1) is 0 Å². The summed E-state index contributed by atoms with van der Waals surface area (Å²) in [6.07, 6.45) is 0. The van der Waals surface area contributed by atoms with Gasteiger partial charge in [-0.05, 0) is 12.1 Å². The Kier molecular flexibility index (Phi) is 3.56. The first-order valence-electron chi connectivity index (χ1n) is 5.38. The van der Waals surface area contributed by atoms with Crippen LogP contribution in [-0.2, 0) is 0 Å². The van der Waals surface area contributed by atoms with Crippen molar-refractivity contribution in [1.82, 2.24) is 15.0 Å². The number of amides is 1. The quantitative estimate of drug-likeness (QED) is 0.866. The molecule has 2 N–H and O–H groups in total. The lowest BCUT2D eigenvalue weighted by Gasteiger charge is -2.05. The predicted molar refractivity (Wildman–Crippen MR) is 66.9 cm³/mol. The number of carbonyl (C=O) groups is 1. The highest BCUT2D eigenvalue weighted by Gasteiger charge is 2.09. The molecule has 2 rings (SSSR count). The van der Waals surface area contributed by atoms with Crippen LogP contribution in [0.3, 0.4) is 0 Å². The van der Waals surface area contributed by atoms with Crippen molar-refractivity contribution in [1.29, 1.82) is 0 Å². The summed E-state index contributed by atoms with van der Waals surface area (Å²) in [6, 6.07) is 6.88. The number of nitrogens with two attached hydrogens (primary N) is 1. The molecule has 0 saturated carbocycles. The van der Waals surface area contributed by atoms with Crippen LogP contribution >= 0.6 is 0 Å². The van der Waals surface area contributed by atoms with E-state index in [9.17, 15) is 4.79 Å². The Morgan fingerprint density at radius 1 is 1.00 bits per heavy atom. The van der Waals surface area contributed by atoms with Gasteiger partial charge in [-0.1, -0.05) is 12.1 Å². The molecule has 0 bridgehead atoms. The standard InChI is InChI=1S/C12H12N4O3/c1-18-11-14-10(15-12(16-11)19-2)8-5-3-7(4-6-8)9(13)17/h3-6H,1-2H3,(H2,13,17). The first kappa shape index (κ1) is 12.7. The molecular formula is C12H12N4O3. The molecule has 0 saturated heterocycles. The summed E-state index contributed by atoms with van der Waals surface area (Å²) in [4.78, 5) is 23.1. The van der Waals surface area contributed by atoms with Gasteiger partial charge in [-0.25, -0.2) is 0 Å². The molecule has 0 radical (unpaired) electrons. The average molecular weight is 260 g/mol. The molecule has 19 heavy (non-hydrogen) atoms. The van der Waals surface area contributed by atoms with Crippen LogP contribution < -0.4 is 15.2 Å². The molecule has 2 aromatic rings. The van der Waals surface area contributed by atoms with Crippen LogP contribution in [-0.4, -0.2) is 35.1 Å². The summed E-state index contributed by atoms with van der Waals surface area (Å²) in [5.41, 5.74) is 6.29. The van der Waals surface area contributed by atoms with Gasteiger partial charge in [0, 0.05) is 11.1 Å². The van der Waals surface area contributed by atoms with Crippen molar-refractivity contribution in [2.45, 2.75) is 0 Å². The summed E-state index contributed by atoms with van der Waals surface area (Å²) in [6.45, 7) is 0. The number of hydrogen-bond acceptors (Lipinski definition) is 6. The first-order valence-corrected chi connectivity index (χ1v) is 5.38. The zero-order chi connectivity index (χ0) is 13.8. The highest BCUT2D eigenvalue weighted by molar-refractivity contribution is 5.93. The van der Waals surface area contributed by atoms with Gasteiger partial charge in [0.05, 0.1) is 14.2 Å². The lowest BCUT2D eigenvalue weighted by Crippen LogP contribution is -2.10. The second-order valence-electron chi connectivity index (χ2n) is 3.57. The molecule has 0 unspecified atom stereocenters. The Hall–Kier alpha value is -2.70. The molecule has 0 aliphatic carbocycles. The van der Waals surface area contributed by atoms with Crippen molar-refractivity contribution in [2.24, 2.45) is 5.73 Å². The second kappa shape index (κ2) is 5.30. The summed E-state index contributed by atoms with van der Waals surface area (Å²) in [5.74, 6) is -0.0999. The number of rotatable bonds is 4. The first-order chi connectivity index (χ1) is 9.13. The minimum atomic E-state index is -0.489. The molecule has 1 heterocycles. The topological polar surface area (TPSA) is 100 Å². The Bertz CT molecular complexity index is 576. The van der Waals surface area contributed by atoms with Gasteiger partial charge in [0.1, 0.15) is 0 Å². The number of methoxy groups -OCH3 is 2. The smallest absolute Gasteiger partial charge is 0.322 e. The third-order valence-corrected chi connectivity index (χ3v) is 2.39. The molecule has 0 spiro atoms.